The lowest BCUT2D eigenvalue weighted by Crippen LogP contribution is -2.32. The van der Waals surface area contributed by atoms with Gasteiger partial charge < -0.3 is 25.8 Å². The highest BCUT2D eigenvalue weighted by Crippen LogP contribution is 2.34. The van der Waals surface area contributed by atoms with Gasteiger partial charge in [-0.25, -0.2) is 0 Å². The largest absolute Gasteiger partial charge is 0.493 e. The Labute approximate surface area is 208 Å². The van der Waals surface area contributed by atoms with Crippen LogP contribution < -0.4 is 20.7 Å². The van der Waals surface area contributed by atoms with E-state index in [-0.39, 0.29) is 29.9 Å². The fraction of sp³-hybridized carbons (Fsp3) is 0.500. The van der Waals surface area contributed by atoms with Gasteiger partial charge in [0.25, 0.3) is 11.8 Å². The summed E-state index contributed by atoms with van der Waals surface area (Å²) in [6, 6.07) is 11.5. The molecule has 0 aromatic heterocycles. The van der Waals surface area contributed by atoms with Crippen LogP contribution in [0.4, 0.5) is 0 Å². The van der Waals surface area contributed by atoms with Crippen LogP contribution in [0.3, 0.4) is 0 Å². The molecule has 7 heteroatoms. The average molecular weight is 482 g/mol. The summed E-state index contributed by atoms with van der Waals surface area (Å²) in [5, 5.41) is 18.1. The summed E-state index contributed by atoms with van der Waals surface area (Å²) in [7, 11) is 0. The zero-order chi connectivity index (χ0) is 25.4. The Morgan fingerprint density at radius 3 is 2.40 bits per heavy atom. The SMILES string of the molecule is Cc1ccc(C(=O)NC2CC2)cc1-c1ccc(C(=O)NCC(C)(C)C)cc1OCCCNCCO. The summed E-state index contributed by atoms with van der Waals surface area (Å²) in [6.45, 7) is 10.6. The van der Waals surface area contributed by atoms with Gasteiger partial charge in [-0.2, -0.15) is 0 Å². The minimum absolute atomic E-state index is 0.0188. The zero-order valence-electron chi connectivity index (χ0n) is 21.4. The van der Waals surface area contributed by atoms with E-state index in [2.05, 4.69) is 36.7 Å². The van der Waals surface area contributed by atoms with Crippen molar-refractivity contribution in [1.29, 1.82) is 0 Å². The van der Waals surface area contributed by atoms with Crippen LogP contribution in [0.2, 0.25) is 0 Å². The van der Waals surface area contributed by atoms with Crippen LogP contribution in [-0.2, 0) is 0 Å². The van der Waals surface area contributed by atoms with Crippen LogP contribution in [0.5, 0.6) is 5.75 Å². The van der Waals surface area contributed by atoms with Crippen molar-refractivity contribution in [2.75, 3.05) is 32.8 Å². The molecular weight excluding hydrogens is 442 g/mol. The first-order valence-electron chi connectivity index (χ1n) is 12.5. The van der Waals surface area contributed by atoms with Gasteiger partial charge in [-0.05, 0) is 79.6 Å². The molecule has 0 atom stereocenters. The number of aliphatic hydroxyl groups is 1. The lowest BCUT2D eigenvalue weighted by atomic mass is 9.95. The van der Waals surface area contributed by atoms with Crippen LogP contribution in [-0.4, -0.2) is 55.8 Å². The van der Waals surface area contributed by atoms with Gasteiger partial charge in [0, 0.05) is 35.8 Å². The van der Waals surface area contributed by atoms with E-state index in [1.165, 1.54) is 0 Å². The second kappa shape index (κ2) is 12.2. The molecule has 1 aliphatic carbocycles. The maximum Gasteiger partial charge on any atom is 0.251 e. The molecule has 0 bridgehead atoms. The number of carbonyl (C=O) groups excluding carboxylic acids is 2. The van der Waals surface area contributed by atoms with E-state index in [1.54, 1.807) is 12.1 Å². The molecule has 1 fully saturated rings. The van der Waals surface area contributed by atoms with Crippen molar-refractivity contribution >= 4 is 11.8 Å². The van der Waals surface area contributed by atoms with Gasteiger partial charge in [0.15, 0.2) is 0 Å². The van der Waals surface area contributed by atoms with E-state index in [9.17, 15) is 9.59 Å². The van der Waals surface area contributed by atoms with Crippen LogP contribution in [0.15, 0.2) is 36.4 Å². The first-order chi connectivity index (χ1) is 16.7. The van der Waals surface area contributed by atoms with Gasteiger partial charge in [-0.15, -0.1) is 0 Å². The number of hydrogen-bond acceptors (Lipinski definition) is 5. The Bertz CT molecular complexity index is 1030. The first-order valence-corrected chi connectivity index (χ1v) is 12.5. The summed E-state index contributed by atoms with van der Waals surface area (Å²) in [6.07, 6.45) is 2.82. The Morgan fingerprint density at radius 1 is 1.00 bits per heavy atom. The Morgan fingerprint density at radius 2 is 1.71 bits per heavy atom. The Hall–Kier alpha value is -2.90. The summed E-state index contributed by atoms with van der Waals surface area (Å²) >= 11 is 0. The smallest absolute Gasteiger partial charge is 0.251 e. The van der Waals surface area contributed by atoms with Gasteiger partial charge in [0.05, 0.1) is 13.2 Å². The first kappa shape index (κ1) is 26.7. The van der Waals surface area contributed by atoms with Crippen molar-refractivity contribution in [2.45, 2.75) is 53.0 Å². The number of ether oxygens (including phenoxy) is 1. The molecule has 0 spiro atoms. The molecule has 0 saturated heterocycles. The topological polar surface area (TPSA) is 99.7 Å². The molecule has 0 radical (unpaired) electrons. The average Bonchev–Trinajstić information content (AvgIpc) is 3.63. The molecule has 0 heterocycles. The Balaban J connectivity index is 1.85. The molecule has 2 aromatic carbocycles. The molecule has 190 valence electrons. The highest BCUT2D eigenvalue weighted by molar-refractivity contribution is 5.97. The lowest BCUT2D eigenvalue weighted by Gasteiger charge is -2.19. The van der Waals surface area contributed by atoms with Crippen molar-refractivity contribution in [3.8, 4) is 16.9 Å². The van der Waals surface area contributed by atoms with Crippen LogP contribution >= 0.6 is 0 Å². The molecule has 3 rings (SSSR count). The third-order valence-electron chi connectivity index (χ3n) is 5.77. The molecule has 1 saturated carbocycles. The van der Waals surface area contributed by atoms with E-state index < -0.39 is 0 Å². The second-order valence-electron chi connectivity index (χ2n) is 10.4. The van der Waals surface area contributed by atoms with Crippen LogP contribution in [0.1, 0.15) is 66.3 Å². The number of rotatable bonds is 12. The molecule has 4 N–H and O–H groups in total. The number of nitrogens with one attached hydrogen (secondary N) is 3. The third-order valence-corrected chi connectivity index (χ3v) is 5.77. The Kier molecular flexibility index (Phi) is 9.29. The molecule has 7 nitrogen and oxygen atoms in total. The molecule has 1 aliphatic rings. The summed E-state index contributed by atoms with van der Waals surface area (Å²) < 4.78 is 6.15. The molecule has 0 aliphatic heterocycles. The monoisotopic (exact) mass is 481 g/mol. The van der Waals surface area contributed by atoms with Crippen molar-refractivity contribution in [1.82, 2.24) is 16.0 Å². The van der Waals surface area contributed by atoms with Crippen LogP contribution in [0.25, 0.3) is 11.1 Å². The quantitative estimate of drug-likeness (QED) is 0.347. The minimum atomic E-state index is -0.143. The fourth-order valence-electron chi connectivity index (χ4n) is 3.59. The molecule has 35 heavy (non-hydrogen) atoms. The third kappa shape index (κ3) is 8.37. The number of aryl methyl sites for hydroxylation is 1. The highest BCUT2D eigenvalue weighted by atomic mass is 16.5. The van der Waals surface area contributed by atoms with Crippen molar-refractivity contribution in [3.63, 3.8) is 0 Å². The standard InChI is InChI=1S/C28H39N3O4/c1-19-6-7-20(27(34)31-22-9-10-22)16-24(19)23-11-8-21(26(33)30-18-28(2,3)4)17-25(23)35-15-5-12-29-13-14-32/h6-8,11,16-17,22,29,32H,5,9-10,12-15,18H2,1-4H3,(H,30,33)(H,31,34). The van der Waals surface area contributed by atoms with E-state index in [0.717, 1.165) is 42.5 Å². The second-order valence-corrected chi connectivity index (χ2v) is 10.4. The normalized spacial score (nSPS) is 13.4. The van der Waals surface area contributed by atoms with Gasteiger partial charge in [-0.3, -0.25) is 9.59 Å². The molecule has 0 unspecified atom stereocenters. The minimum Gasteiger partial charge on any atom is -0.493 e. The fourth-order valence-corrected chi connectivity index (χ4v) is 3.59. The van der Waals surface area contributed by atoms with Gasteiger partial charge in [0.1, 0.15) is 5.75 Å². The summed E-state index contributed by atoms with van der Waals surface area (Å²) in [4.78, 5) is 25.5. The lowest BCUT2D eigenvalue weighted by molar-refractivity contribution is 0.0935. The predicted octanol–water partition coefficient (Wildman–Crippen LogP) is 3.68. The van der Waals surface area contributed by atoms with Crippen LogP contribution in [0, 0.1) is 12.3 Å². The number of aliphatic hydroxyl groups excluding tert-OH is 1. The van der Waals surface area contributed by atoms with Crippen molar-refractivity contribution in [3.05, 3.63) is 53.1 Å². The number of hydrogen-bond donors (Lipinski definition) is 4. The maximum atomic E-state index is 12.8. The van der Waals surface area contributed by atoms with Gasteiger partial charge >= 0.3 is 0 Å². The molecule has 2 aromatic rings. The van der Waals surface area contributed by atoms with E-state index in [0.29, 0.717) is 36.6 Å². The van der Waals surface area contributed by atoms with E-state index in [1.807, 2.05) is 31.2 Å². The van der Waals surface area contributed by atoms with Crippen molar-refractivity contribution in [2.24, 2.45) is 5.41 Å². The van der Waals surface area contributed by atoms with E-state index in [4.69, 9.17) is 9.84 Å². The maximum absolute atomic E-state index is 12.8. The summed E-state index contributed by atoms with van der Waals surface area (Å²) in [5.74, 6) is 0.401. The highest BCUT2D eigenvalue weighted by Gasteiger charge is 2.24. The van der Waals surface area contributed by atoms with Gasteiger partial charge in [-0.1, -0.05) is 26.8 Å². The number of benzene rings is 2. The molecular formula is C28H39N3O4. The number of carbonyl (C=O) groups is 2. The zero-order valence-corrected chi connectivity index (χ0v) is 21.4. The predicted molar refractivity (Wildman–Crippen MR) is 139 cm³/mol. The van der Waals surface area contributed by atoms with E-state index >= 15 is 0 Å². The van der Waals surface area contributed by atoms with Gasteiger partial charge in [0.2, 0.25) is 0 Å². The summed E-state index contributed by atoms with van der Waals surface area (Å²) in [5.41, 5.74) is 3.90. The molecule has 2 amide bonds. The number of amides is 2. The van der Waals surface area contributed by atoms with Crippen molar-refractivity contribution < 1.29 is 19.4 Å².